The molecule has 17 heavy (non-hydrogen) atoms. The highest BCUT2D eigenvalue weighted by Gasteiger charge is 2.25. The number of nitrogens with two attached hydrogens (primary N) is 1. The Kier molecular flexibility index (Phi) is 5.92. The average molecular weight is 242 g/mol. The van der Waals surface area contributed by atoms with Crippen molar-refractivity contribution in [3.05, 3.63) is 0 Å². The third-order valence-electron chi connectivity index (χ3n) is 3.86. The fourth-order valence-electron chi connectivity index (χ4n) is 2.45. The van der Waals surface area contributed by atoms with E-state index in [1.807, 2.05) is 13.8 Å². The summed E-state index contributed by atoms with van der Waals surface area (Å²) in [5.74, 6) is 0.855. The van der Waals surface area contributed by atoms with Gasteiger partial charge in [-0.2, -0.15) is 0 Å². The van der Waals surface area contributed by atoms with Crippen LogP contribution >= 0.6 is 0 Å². The third-order valence-corrected chi connectivity index (χ3v) is 3.86. The normalized spacial score (nSPS) is 26.9. The lowest BCUT2D eigenvalue weighted by Gasteiger charge is -2.30. The Morgan fingerprint density at radius 1 is 1.35 bits per heavy atom. The first kappa shape index (κ1) is 14.5. The van der Waals surface area contributed by atoms with Crippen LogP contribution in [0.3, 0.4) is 0 Å². The van der Waals surface area contributed by atoms with Gasteiger partial charge in [0.05, 0.1) is 6.04 Å². The minimum absolute atomic E-state index is 0.0673. The van der Waals surface area contributed by atoms with Gasteiger partial charge in [0.25, 0.3) is 0 Å². The zero-order valence-electron chi connectivity index (χ0n) is 11.0. The van der Waals surface area contributed by atoms with E-state index in [4.69, 9.17) is 5.73 Å². The summed E-state index contributed by atoms with van der Waals surface area (Å²) in [7, 11) is 0. The Balaban J connectivity index is 2.35. The number of amides is 1. The molecule has 4 nitrogen and oxygen atoms in total. The van der Waals surface area contributed by atoms with Crippen LogP contribution in [0.2, 0.25) is 0 Å². The van der Waals surface area contributed by atoms with E-state index in [9.17, 15) is 9.90 Å². The molecule has 0 radical (unpaired) electrons. The van der Waals surface area contributed by atoms with Gasteiger partial charge in [-0.25, -0.2) is 0 Å². The van der Waals surface area contributed by atoms with Crippen molar-refractivity contribution in [2.24, 2.45) is 23.5 Å². The maximum atomic E-state index is 11.7. The predicted molar refractivity (Wildman–Crippen MR) is 68.4 cm³/mol. The van der Waals surface area contributed by atoms with Gasteiger partial charge in [-0.1, -0.05) is 26.7 Å². The van der Waals surface area contributed by atoms with Crippen molar-refractivity contribution < 1.29 is 9.90 Å². The summed E-state index contributed by atoms with van der Waals surface area (Å²) in [4.78, 5) is 11.7. The first-order valence-electron chi connectivity index (χ1n) is 6.70. The van der Waals surface area contributed by atoms with Gasteiger partial charge in [0.1, 0.15) is 0 Å². The van der Waals surface area contributed by atoms with Crippen molar-refractivity contribution in [3.63, 3.8) is 0 Å². The quantitative estimate of drug-likeness (QED) is 0.670. The van der Waals surface area contributed by atoms with Crippen LogP contribution in [-0.2, 0) is 4.79 Å². The molecule has 1 aliphatic carbocycles. The average Bonchev–Trinajstić information content (AvgIpc) is 2.35. The van der Waals surface area contributed by atoms with Crippen molar-refractivity contribution >= 4 is 5.91 Å². The molecule has 100 valence electrons. The Hall–Kier alpha value is -0.610. The number of rotatable bonds is 5. The summed E-state index contributed by atoms with van der Waals surface area (Å²) in [5, 5.41) is 12.2. The smallest absolute Gasteiger partial charge is 0.237 e. The van der Waals surface area contributed by atoms with Crippen LogP contribution in [0.15, 0.2) is 0 Å². The van der Waals surface area contributed by atoms with E-state index in [-0.39, 0.29) is 18.4 Å². The first-order chi connectivity index (χ1) is 8.06. The van der Waals surface area contributed by atoms with Crippen LogP contribution in [0.25, 0.3) is 0 Å². The van der Waals surface area contributed by atoms with E-state index in [1.54, 1.807) is 0 Å². The molecule has 0 aliphatic heterocycles. The highest BCUT2D eigenvalue weighted by molar-refractivity contribution is 5.81. The third kappa shape index (κ3) is 4.28. The maximum absolute atomic E-state index is 11.7. The second-order valence-corrected chi connectivity index (χ2v) is 5.50. The van der Waals surface area contributed by atoms with Gasteiger partial charge >= 0.3 is 0 Å². The molecule has 0 bridgehead atoms. The second kappa shape index (κ2) is 6.97. The Morgan fingerprint density at radius 2 is 1.94 bits per heavy atom. The lowest BCUT2D eigenvalue weighted by Crippen LogP contribution is -2.46. The molecule has 1 fully saturated rings. The molecule has 0 saturated heterocycles. The molecule has 3 unspecified atom stereocenters. The zero-order valence-corrected chi connectivity index (χ0v) is 11.0. The zero-order chi connectivity index (χ0) is 12.8. The molecule has 0 aromatic rings. The van der Waals surface area contributed by atoms with E-state index in [1.165, 1.54) is 12.8 Å². The summed E-state index contributed by atoms with van der Waals surface area (Å²) in [5.41, 5.74) is 5.78. The molecular formula is C13H26N2O2. The Morgan fingerprint density at radius 3 is 2.47 bits per heavy atom. The number of nitrogens with one attached hydrogen (secondary N) is 1. The lowest BCUT2D eigenvalue weighted by atomic mass is 9.79. The fourth-order valence-corrected chi connectivity index (χ4v) is 2.45. The Bertz CT molecular complexity index is 244. The summed E-state index contributed by atoms with van der Waals surface area (Å²) < 4.78 is 0. The molecule has 4 N–H and O–H groups in total. The van der Waals surface area contributed by atoms with E-state index in [2.05, 4.69) is 5.32 Å². The minimum Gasteiger partial charge on any atom is -0.396 e. The topological polar surface area (TPSA) is 75.4 Å². The molecule has 1 rings (SSSR count). The SMILES string of the molecule is CC(C)C(N)C(=O)NCC1CCCCC1CO. The van der Waals surface area contributed by atoms with Gasteiger partial charge in [0, 0.05) is 13.2 Å². The molecule has 0 heterocycles. The molecule has 1 aliphatic rings. The van der Waals surface area contributed by atoms with Gasteiger partial charge < -0.3 is 16.2 Å². The van der Waals surface area contributed by atoms with Crippen molar-refractivity contribution in [2.75, 3.05) is 13.2 Å². The summed E-state index contributed by atoms with van der Waals surface area (Å²) in [6.45, 7) is 4.78. The van der Waals surface area contributed by atoms with Crippen LogP contribution in [0.1, 0.15) is 39.5 Å². The number of aliphatic hydroxyl groups is 1. The molecule has 4 heteroatoms. The van der Waals surface area contributed by atoms with Gasteiger partial charge in [-0.15, -0.1) is 0 Å². The largest absolute Gasteiger partial charge is 0.396 e. The highest BCUT2D eigenvalue weighted by Crippen LogP contribution is 2.29. The van der Waals surface area contributed by atoms with Crippen LogP contribution in [0, 0.1) is 17.8 Å². The highest BCUT2D eigenvalue weighted by atomic mass is 16.3. The molecule has 1 amide bonds. The molecule has 0 spiro atoms. The molecular weight excluding hydrogens is 216 g/mol. The van der Waals surface area contributed by atoms with Gasteiger partial charge in [0.15, 0.2) is 0 Å². The lowest BCUT2D eigenvalue weighted by molar-refractivity contribution is -0.123. The predicted octanol–water partition coefficient (Wildman–Crippen LogP) is 0.885. The maximum Gasteiger partial charge on any atom is 0.237 e. The fraction of sp³-hybridized carbons (Fsp3) is 0.923. The number of aliphatic hydroxyl groups excluding tert-OH is 1. The van der Waals surface area contributed by atoms with Crippen LogP contribution in [0.4, 0.5) is 0 Å². The van der Waals surface area contributed by atoms with Gasteiger partial charge in [-0.3, -0.25) is 4.79 Å². The van der Waals surface area contributed by atoms with Crippen LogP contribution in [0.5, 0.6) is 0 Å². The molecule has 1 saturated carbocycles. The molecule has 3 atom stereocenters. The van der Waals surface area contributed by atoms with Crippen LogP contribution < -0.4 is 11.1 Å². The van der Waals surface area contributed by atoms with Gasteiger partial charge in [0.2, 0.25) is 5.91 Å². The second-order valence-electron chi connectivity index (χ2n) is 5.50. The van der Waals surface area contributed by atoms with E-state index in [0.717, 1.165) is 12.8 Å². The van der Waals surface area contributed by atoms with Crippen LogP contribution in [-0.4, -0.2) is 30.2 Å². The summed E-state index contributed by atoms with van der Waals surface area (Å²) >= 11 is 0. The van der Waals surface area contributed by atoms with E-state index >= 15 is 0 Å². The minimum atomic E-state index is -0.425. The van der Waals surface area contributed by atoms with Crippen molar-refractivity contribution in [2.45, 2.75) is 45.6 Å². The number of hydrogen-bond acceptors (Lipinski definition) is 3. The van der Waals surface area contributed by atoms with E-state index in [0.29, 0.717) is 18.4 Å². The molecule has 0 aromatic carbocycles. The Labute approximate surface area is 104 Å². The van der Waals surface area contributed by atoms with Crippen molar-refractivity contribution in [1.29, 1.82) is 0 Å². The van der Waals surface area contributed by atoms with Crippen molar-refractivity contribution in [1.82, 2.24) is 5.32 Å². The number of carbonyl (C=O) groups is 1. The number of hydrogen-bond donors (Lipinski definition) is 3. The monoisotopic (exact) mass is 242 g/mol. The van der Waals surface area contributed by atoms with Crippen molar-refractivity contribution in [3.8, 4) is 0 Å². The summed E-state index contributed by atoms with van der Waals surface area (Å²) in [6, 6.07) is -0.425. The van der Waals surface area contributed by atoms with Gasteiger partial charge in [-0.05, 0) is 30.6 Å². The first-order valence-corrected chi connectivity index (χ1v) is 6.70. The summed E-state index contributed by atoms with van der Waals surface area (Å²) in [6.07, 6.45) is 4.57. The van der Waals surface area contributed by atoms with E-state index < -0.39 is 6.04 Å². The standard InChI is InChI=1S/C13H26N2O2/c1-9(2)12(14)13(17)15-7-10-5-3-4-6-11(10)8-16/h9-12,16H,3-8,14H2,1-2H3,(H,15,17). The number of carbonyl (C=O) groups excluding carboxylic acids is 1. The molecule has 0 aromatic heterocycles.